The number of nitrogens with zero attached hydrogens (tertiary/aromatic N) is 2. The van der Waals surface area contributed by atoms with Crippen molar-refractivity contribution in [2.45, 2.75) is 43.9 Å². The molecule has 0 bridgehead atoms. The molecule has 1 saturated carbocycles. The van der Waals surface area contributed by atoms with E-state index in [4.69, 9.17) is 14.2 Å². The largest absolute Gasteiger partial charge is 0.475 e. The van der Waals surface area contributed by atoms with Crippen molar-refractivity contribution in [3.8, 4) is 5.75 Å². The second kappa shape index (κ2) is 5.53. The van der Waals surface area contributed by atoms with Gasteiger partial charge < -0.3 is 14.2 Å². The Bertz CT molecular complexity index is 729. The Morgan fingerprint density at radius 3 is 2.96 bits per heavy atom. The Labute approximate surface area is 134 Å². The molecular weight excluding hydrogens is 296 g/mol. The third-order valence-electron chi connectivity index (χ3n) is 4.57. The summed E-state index contributed by atoms with van der Waals surface area (Å²) in [4.78, 5) is 11.8. The molecule has 2 fully saturated rings. The standard InChI is InChI=1S/C17H20N2O4/c1-21-16(20)17(7-8-17)23-13-6-5-12-11-18-19(14(12)10-13)15-4-2-3-9-22-15/h5-6,10-11,15H,2-4,7-9H2,1H3. The Kier molecular flexibility index (Phi) is 3.49. The van der Waals surface area contributed by atoms with E-state index in [0.717, 1.165) is 36.8 Å². The molecular formula is C17H20N2O4. The first-order valence-electron chi connectivity index (χ1n) is 8.08. The number of carbonyl (C=O) groups excluding carboxylic acids is 1. The summed E-state index contributed by atoms with van der Waals surface area (Å²) in [6.07, 6.45) is 6.43. The lowest BCUT2D eigenvalue weighted by molar-refractivity contribution is -0.151. The van der Waals surface area contributed by atoms with Crippen molar-refractivity contribution < 1.29 is 19.0 Å². The van der Waals surface area contributed by atoms with Crippen molar-refractivity contribution in [1.82, 2.24) is 9.78 Å². The van der Waals surface area contributed by atoms with Gasteiger partial charge in [-0.3, -0.25) is 0 Å². The predicted octanol–water partition coefficient (Wildman–Crippen LogP) is 2.82. The Morgan fingerprint density at radius 2 is 2.26 bits per heavy atom. The highest BCUT2D eigenvalue weighted by atomic mass is 16.6. The number of aromatic nitrogens is 2. The minimum atomic E-state index is -0.797. The number of hydrogen-bond acceptors (Lipinski definition) is 5. The zero-order chi connectivity index (χ0) is 15.9. The molecule has 1 atom stereocenters. The van der Waals surface area contributed by atoms with E-state index in [-0.39, 0.29) is 12.2 Å². The topological polar surface area (TPSA) is 62.6 Å². The van der Waals surface area contributed by atoms with Crippen molar-refractivity contribution in [3.05, 3.63) is 24.4 Å². The molecule has 1 aliphatic carbocycles. The Hall–Kier alpha value is -2.08. The van der Waals surface area contributed by atoms with Crippen LogP contribution in [0.3, 0.4) is 0 Å². The van der Waals surface area contributed by atoms with Gasteiger partial charge in [0.15, 0.2) is 6.23 Å². The van der Waals surface area contributed by atoms with Gasteiger partial charge in [-0.15, -0.1) is 0 Å². The van der Waals surface area contributed by atoms with Crippen LogP contribution in [0.1, 0.15) is 38.3 Å². The van der Waals surface area contributed by atoms with E-state index >= 15 is 0 Å². The lowest BCUT2D eigenvalue weighted by Gasteiger charge is -2.23. The van der Waals surface area contributed by atoms with Crippen LogP contribution in [0.25, 0.3) is 10.9 Å². The number of esters is 1. The molecule has 0 spiro atoms. The molecule has 4 rings (SSSR count). The van der Waals surface area contributed by atoms with E-state index in [0.29, 0.717) is 18.6 Å². The van der Waals surface area contributed by atoms with Gasteiger partial charge >= 0.3 is 5.97 Å². The van der Waals surface area contributed by atoms with Gasteiger partial charge in [-0.1, -0.05) is 0 Å². The quantitative estimate of drug-likeness (QED) is 0.812. The fraction of sp³-hybridized carbons (Fsp3) is 0.529. The Balaban J connectivity index is 1.63. The lowest BCUT2D eigenvalue weighted by Crippen LogP contribution is -2.30. The van der Waals surface area contributed by atoms with Crippen molar-refractivity contribution in [1.29, 1.82) is 0 Å². The molecule has 23 heavy (non-hydrogen) atoms. The SMILES string of the molecule is COC(=O)C1(Oc2ccc3cnn(C4CCCCO4)c3c2)CC1. The van der Waals surface area contributed by atoms with Gasteiger partial charge in [0.25, 0.3) is 0 Å². The maximum absolute atomic E-state index is 11.8. The van der Waals surface area contributed by atoms with Crippen LogP contribution in [-0.4, -0.2) is 35.1 Å². The molecule has 6 heteroatoms. The third-order valence-corrected chi connectivity index (χ3v) is 4.57. The number of fused-ring (bicyclic) bond motifs is 1. The predicted molar refractivity (Wildman–Crippen MR) is 83.2 cm³/mol. The highest BCUT2D eigenvalue weighted by molar-refractivity contribution is 5.84. The van der Waals surface area contributed by atoms with E-state index in [1.807, 2.05) is 29.1 Å². The van der Waals surface area contributed by atoms with Crippen LogP contribution in [0, 0.1) is 0 Å². The normalized spacial score (nSPS) is 22.7. The van der Waals surface area contributed by atoms with Crippen LogP contribution in [0.2, 0.25) is 0 Å². The second-order valence-electron chi connectivity index (χ2n) is 6.22. The van der Waals surface area contributed by atoms with Crippen LogP contribution < -0.4 is 4.74 Å². The molecule has 0 amide bonds. The van der Waals surface area contributed by atoms with Crippen LogP contribution in [0.5, 0.6) is 5.75 Å². The fourth-order valence-corrected chi connectivity index (χ4v) is 3.10. The van der Waals surface area contributed by atoms with Gasteiger partial charge in [-0.25, -0.2) is 9.48 Å². The van der Waals surface area contributed by atoms with Crippen molar-refractivity contribution in [2.75, 3.05) is 13.7 Å². The Morgan fingerprint density at radius 1 is 1.39 bits per heavy atom. The summed E-state index contributed by atoms with van der Waals surface area (Å²) >= 11 is 0. The van der Waals surface area contributed by atoms with Gasteiger partial charge in [0, 0.05) is 30.9 Å². The molecule has 0 radical (unpaired) electrons. The average Bonchev–Trinajstić information content (AvgIpc) is 3.25. The van der Waals surface area contributed by atoms with Gasteiger partial charge in [0.1, 0.15) is 5.75 Å². The van der Waals surface area contributed by atoms with E-state index in [9.17, 15) is 4.79 Å². The van der Waals surface area contributed by atoms with Crippen molar-refractivity contribution in [3.63, 3.8) is 0 Å². The van der Waals surface area contributed by atoms with E-state index in [1.54, 1.807) is 0 Å². The summed E-state index contributed by atoms with van der Waals surface area (Å²) in [6, 6.07) is 5.77. The number of ether oxygens (including phenoxy) is 3. The van der Waals surface area contributed by atoms with Gasteiger partial charge in [0.2, 0.25) is 5.60 Å². The smallest absolute Gasteiger partial charge is 0.350 e. The summed E-state index contributed by atoms with van der Waals surface area (Å²) < 4.78 is 18.5. The fourth-order valence-electron chi connectivity index (χ4n) is 3.10. The summed E-state index contributed by atoms with van der Waals surface area (Å²) in [5.74, 6) is 0.361. The van der Waals surface area contributed by atoms with Crippen LogP contribution in [-0.2, 0) is 14.3 Å². The molecule has 2 aromatic rings. The summed E-state index contributed by atoms with van der Waals surface area (Å²) in [6.45, 7) is 0.771. The zero-order valence-electron chi connectivity index (χ0n) is 13.2. The summed E-state index contributed by atoms with van der Waals surface area (Å²) in [5.41, 5.74) is 0.171. The first-order chi connectivity index (χ1) is 11.2. The number of hydrogen-bond donors (Lipinski definition) is 0. The highest BCUT2D eigenvalue weighted by Crippen LogP contribution is 2.42. The molecule has 1 saturated heterocycles. The summed E-state index contributed by atoms with van der Waals surface area (Å²) in [7, 11) is 1.39. The molecule has 6 nitrogen and oxygen atoms in total. The minimum Gasteiger partial charge on any atom is -0.475 e. The van der Waals surface area contributed by atoms with E-state index in [1.165, 1.54) is 7.11 Å². The van der Waals surface area contributed by atoms with Crippen LogP contribution in [0.4, 0.5) is 0 Å². The molecule has 1 aromatic heterocycles. The number of rotatable bonds is 4. The van der Waals surface area contributed by atoms with Gasteiger partial charge in [0.05, 0.1) is 18.8 Å². The molecule has 1 aromatic carbocycles. The monoisotopic (exact) mass is 316 g/mol. The maximum Gasteiger partial charge on any atom is 0.350 e. The first kappa shape index (κ1) is 14.5. The lowest BCUT2D eigenvalue weighted by atomic mass is 10.2. The first-order valence-corrected chi connectivity index (χ1v) is 8.08. The molecule has 2 aliphatic rings. The summed E-state index contributed by atoms with van der Waals surface area (Å²) in [5, 5.41) is 5.50. The molecule has 1 aliphatic heterocycles. The van der Waals surface area contributed by atoms with Gasteiger partial charge in [-0.2, -0.15) is 5.10 Å². The maximum atomic E-state index is 11.8. The highest BCUT2D eigenvalue weighted by Gasteiger charge is 2.54. The minimum absolute atomic E-state index is 0.0213. The number of benzene rings is 1. The average molecular weight is 316 g/mol. The number of methoxy groups -OCH3 is 1. The molecule has 1 unspecified atom stereocenters. The van der Waals surface area contributed by atoms with Crippen molar-refractivity contribution in [2.24, 2.45) is 0 Å². The molecule has 2 heterocycles. The van der Waals surface area contributed by atoms with E-state index < -0.39 is 5.60 Å². The zero-order valence-corrected chi connectivity index (χ0v) is 13.2. The van der Waals surface area contributed by atoms with E-state index in [2.05, 4.69) is 5.10 Å². The number of carbonyl (C=O) groups is 1. The molecule has 0 N–H and O–H groups in total. The van der Waals surface area contributed by atoms with Crippen LogP contribution >= 0.6 is 0 Å². The van der Waals surface area contributed by atoms with Gasteiger partial charge in [-0.05, 0) is 31.4 Å². The second-order valence-corrected chi connectivity index (χ2v) is 6.22. The third kappa shape index (κ3) is 2.57. The van der Waals surface area contributed by atoms with Crippen LogP contribution in [0.15, 0.2) is 24.4 Å². The van der Waals surface area contributed by atoms with Crippen molar-refractivity contribution >= 4 is 16.9 Å². The molecule has 122 valence electrons.